The van der Waals surface area contributed by atoms with Gasteiger partial charge in [-0.05, 0) is 33.2 Å². The molecule has 0 aromatic carbocycles. The van der Waals surface area contributed by atoms with Gasteiger partial charge in [0.15, 0.2) is 0 Å². The zero-order valence-electron chi connectivity index (χ0n) is 14.1. The Morgan fingerprint density at radius 2 is 2.13 bits per heavy atom. The summed E-state index contributed by atoms with van der Waals surface area (Å²) in [6, 6.07) is -0.947. The predicted molar refractivity (Wildman–Crippen MR) is 97.2 cm³/mol. The molecule has 0 bridgehead atoms. The molecule has 8 heteroatoms. The smallest absolute Gasteiger partial charge is 0.246 e. The fraction of sp³-hybridized carbons (Fsp3) is 0.800. The minimum Gasteiger partial charge on any atom is -0.368 e. The first-order chi connectivity index (χ1) is 10.7. The second-order valence-electron chi connectivity index (χ2n) is 6.85. The molecular formula is C15H26N4O2S2. The molecule has 2 rings (SSSR count). The van der Waals surface area contributed by atoms with Crippen LogP contribution in [0.15, 0.2) is 0 Å². The maximum atomic E-state index is 13.0. The fourth-order valence-electron chi connectivity index (χ4n) is 3.19. The monoisotopic (exact) mass is 358 g/mol. The van der Waals surface area contributed by atoms with Crippen LogP contribution in [0.1, 0.15) is 40.0 Å². The van der Waals surface area contributed by atoms with Gasteiger partial charge in [0.2, 0.25) is 11.8 Å². The number of rotatable bonds is 4. The number of hydrogen-bond acceptors (Lipinski definition) is 5. The molecule has 0 aromatic heterocycles. The Morgan fingerprint density at radius 1 is 1.48 bits per heavy atom. The average Bonchev–Trinajstić information content (AvgIpc) is 2.83. The van der Waals surface area contributed by atoms with Gasteiger partial charge in [0, 0.05) is 4.75 Å². The number of primary amides is 1. The maximum absolute atomic E-state index is 13.0. The third-order valence-corrected chi connectivity index (χ3v) is 6.52. The van der Waals surface area contributed by atoms with Crippen LogP contribution in [-0.4, -0.2) is 57.0 Å². The number of amides is 2. The highest BCUT2D eigenvalue weighted by Crippen LogP contribution is 2.44. The SMILES string of the molecule is CN[C@@H](C)C(=S)NC1CC(C)(C)SC2CCC(C(N)=O)N2C1=O. The normalized spacial score (nSPS) is 31.2. The van der Waals surface area contributed by atoms with Crippen molar-refractivity contribution in [1.82, 2.24) is 15.5 Å². The van der Waals surface area contributed by atoms with Gasteiger partial charge in [0.1, 0.15) is 12.1 Å². The number of likely N-dealkylation sites (N-methyl/N-ethyl adjacent to an activating group) is 1. The second kappa shape index (κ2) is 6.94. The molecule has 3 unspecified atom stereocenters. The average molecular weight is 359 g/mol. The van der Waals surface area contributed by atoms with E-state index in [1.165, 1.54) is 0 Å². The van der Waals surface area contributed by atoms with E-state index < -0.39 is 18.0 Å². The zero-order chi connectivity index (χ0) is 17.4. The Kier molecular flexibility index (Phi) is 5.58. The van der Waals surface area contributed by atoms with E-state index in [4.69, 9.17) is 18.0 Å². The Hall–Kier alpha value is -0.860. The van der Waals surface area contributed by atoms with E-state index in [0.29, 0.717) is 17.8 Å². The van der Waals surface area contributed by atoms with Gasteiger partial charge in [0.25, 0.3) is 0 Å². The first kappa shape index (κ1) is 18.5. The molecule has 6 nitrogen and oxygen atoms in total. The molecule has 23 heavy (non-hydrogen) atoms. The third-order valence-electron chi connectivity index (χ3n) is 4.51. The van der Waals surface area contributed by atoms with Crippen molar-refractivity contribution in [2.75, 3.05) is 7.05 Å². The van der Waals surface area contributed by atoms with Gasteiger partial charge in [0.05, 0.1) is 16.4 Å². The van der Waals surface area contributed by atoms with Crippen molar-refractivity contribution in [3.8, 4) is 0 Å². The number of nitrogens with two attached hydrogens (primary N) is 1. The van der Waals surface area contributed by atoms with Crippen LogP contribution in [-0.2, 0) is 9.59 Å². The highest BCUT2D eigenvalue weighted by Gasteiger charge is 2.48. The number of nitrogens with zero attached hydrogens (tertiary/aromatic N) is 1. The van der Waals surface area contributed by atoms with Crippen molar-refractivity contribution in [3.63, 3.8) is 0 Å². The third kappa shape index (κ3) is 3.97. The standard InChI is InChI=1S/C15H26N4O2S2/c1-8(17-4)13(22)18-9-7-15(2,3)23-11-6-5-10(12(16)20)19(11)14(9)21/h8-11,17H,5-7H2,1-4H3,(H2,16,20)(H,18,22)/t8-,9?,10?,11?/m0/s1. The molecule has 2 saturated heterocycles. The fourth-order valence-corrected chi connectivity index (χ4v) is 5.06. The van der Waals surface area contributed by atoms with Gasteiger partial charge in [-0.15, -0.1) is 11.8 Å². The summed E-state index contributed by atoms with van der Waals surface area (Å²) in [7, 11) is 1.83. The molecule has 4 N–H and O–H groups in total. The van der Waals surface area contributed by atoms with Crippen molar-refractivity contribution in [2.45, 2.75) is 68.3 Å². The molecule has 0 spiro atoms. The summed E-state index contributed by atoms with van der Waals surface area (Å²) in [5.74, 6) is -0.494. The van der Waals surface area contributed by atoms with Crippen LogP contribution >= 0.6 is 24.0 Å². The number of hydrogen-bond donors (Lipinski definition) is 3. The van der Waals surface area contributed by atoms with E-state index in [0.717, 1.165) is 6.42 Å². The lowest BCUT2D eigenvalue weighted by molar-refractivity contribution is -0.139. The van der Waals surface area contributed by atoms with Crippen molar-refractivity contribution in [1.29, 1.82) is 0 Å². The molecule has 4 atom stereocenters. The van der Waals surface area contributed by atoms with Gasteiger partial charge in [-0.2, -0.15) is 0 Å². The first-order valence-corrected chi connectivity index (χ1v) is 9.22. The highest BCUT2D eigenvalue weighted by molar-refractivity contribution is 8.01. The molecule has 2 amide bonds. The predicted octanol–water partition coefficient (Wildman–Crippen LogP) is 0.598. The minimum atomic E-state index is -0.506. The number of fused-ring (bicyclic) bond motifs is 1. The zero-order valence-corrected chi connectivity index (χ0v) is 15.7. The van der Waals surface area contributed by atoms with Crippen molar-refractivity contribution >= 4 is 40.8 Å². The molecule has 2 heterocycles. The lowest BCUT2D eigenvalue weighted by atomic mass is 10.0. The van der Waals surface area contributed by atoms with Gasteiger partial charge >= 0.3 is 0 Å². The number of thioether (sulfide) groups is 1. The van der Waals surface area contributed by atoms with Gasteiger partial charge < -0.3 is 21.3 Å². The summed E-state index contributed by atoms with van der Waals surface area (Å²) in [4.78, 5) is 27.1. The Morgan fingerprint density at radius 3 is 2.70 bits per heavy atom. The first-order valence-electron chi connectivity index (χ1n) is 7.93. The summed E-state index contributed by atoms with van der Waals surface area (Å²) in [6.45, 7) is 6.21. The van der Waals surface area contributed by atoms with Gasteiger partial charge in [-0.1, -0.05) is 26.1 Å². The van der Waals surface area contributed by atoms with Crippen LogP contribution in [0.5, 0.6) is 0 Å². The van der Waals surface area contributed by atoms with E-state index in [-0.39, 0.29) is 22.1 Å². The summed E-state index contributed by atoms with van der Waals surface area (Å²) in [5, 5.41) is 6.28. The second-order valence-corrected chi connectivity index (χ2v) is 9.17. The molecule has 2 aliphatic rings. The summed E-state index contributed by atoms with van der Waals surface area (Å²) in [6.07, 6.45) is 2.10. The van der Waals surface area contributed by atoms with E-state index in [9.17, 15) is 9.59 Å². The minimum absolute atomic E-state index is 0.0112. The molecule has 130 valence electrons. The van der Waals surface area contributed by atoms with Gasteiger partial charge in [-0.25, -0.2) is 0 Å². The molecule has 0 saturated carbocycles. The van der Waals surface area contributed by atoms with Crippen LogP contribution in [0, 0.1) is 0 Å². The van der Waals surface area contributed by atoms with E-state index >= 15 is 0 Å². The molecule has 0 radical (unpaired) electrons. The van der Waals surface area contributed by atoms with Crippen LogP contribution < -0.4 is 16.4 Å². The molecule has 0 aliphatic carbocycles. The van der Waals surface area contributed by atoms with Crippen molar-refractivity contribution in [2.24, 2.45) is 5.73 Å². The summed E-state index contributed by atoms with van der Waals surface area (Å²) in [5.41, 5.74) is 5.50. The van der Waals surface area contributed by atoms with Crippen molar-refractivity contribution < 1.29 is 9.59 Å². The summed E-state index contributed by atoms with van der Waals surface area (Å²) < 4.78 is -0.0855. The molecular weight excluding hydrogens is 332 g/mol. The van der Waals surface area contributed by atoms with Crippen molar-refractivity contribution in [3.05, 3.63) is 0 Å². The van der Waals surface area contributed by atoms with E-state index in [2.05, 4.69) is 24.5 Å². The molecule has 0 aromatic rings. The number of carbonyl (C=O) groups excluding carboxylic acids is 2. The van der Waals surface area contributed by atoms with Gasteiger partial charge in [-0.3, -0.25) is 9.59 Å². The lowest BCUT2D eigenvalue weighted by Crippen LogP contribution is -2.55. The van der Waals surface area contributed by atoms with Crippen LogP contribution in [0.4, 0.5) is 0 Å². The summed E-state index contributed by atoms with van der Waals surface area (Å²) >= 11 is 7.14. The molecule has 2 aliphatic heterocycles. The Balaban J connectivity index is 2.26. The molecule has 2 fully saturated rings. The largest absolute Gasteiger partial charge is 0.368 e. The Bertz CT molecular complexity index is 512. The van der Waals surface area contributed by atoms with E-state index in [1.54, 1.807) is 16.7 Å². The number of thiocarbonyl (C=S) groups is 1. The lowest BCUT2D eigenvalue weighted by Gasteiger charge is -2.30. The number of carbonyl (C=O) groups is 2. The van der Waals surface area contributed by atoms with Crippen LogP contribution in [0.2, 0.25) is 0 Å². The van der Waals surface area contributed by atoms with Crippen LogP contribution in [0.25, 0.3) is 0 Å². The van der Waals surface area contributed by atoms with E-state index in [1.807, 2.05) is 14.0 Å². The quantitative estimate of drug-likeness (QED) is 0.638. The highest BCUT2D eigenvalue weighted by atomic mass is 32.2. The Labute approximate surface area is 147 Å². The van der Waals surface area contributed by atoms with Crippen LogP contribution in [0.3, 0.4) is 0 Å². The number of nitrogens with one attached hydrogen (secondary N) is 2. The maximum Gasteiger partial charge on any atom is 0.246 e. The topological polar surface area (TPSA) is 87.5 Å².